The van der Waals surface area contributed by atoms with Gasteiger partial charge in [0.2, 0.25) is 0 Å². The zero-order valence-corrected chi connectivity index (χ0v) is 13.3. The second-order valence-corrected chi connectivity index (χ2v) is 4.16. The summed E-state index contributed by atoms with van der Waals surface area (Å²) in [5.74, 6) is -0.815. The molecule has 0 aromatic carbocycles. The summed E-state index contributed by atoms with van der Waals surface area (Å²) < 4.78 is 19.9. The number of ether oxygens (including phenoxy) is 1. The maximum atomic E-state index is 12.9. The zero-order chi connectivity index (χ0) is 13.6. The SMILES string of the molecule is Cn1nnc2c(C(=O)OC3CC[C-]3F)ncn2c1=O.[Y]. The Labute approximate surface area is 137 Å². The van der Waals surface area contributed by atoms with Crippen molar-refractivity contribution in [3.63, 3.8) is 0 Å². The number of halogens is 1. The third-order valence-electron chi connectivity index (χ3n) is 2.94. The molecule has 0 N–H and O–H groups in total. The standard InChI is InChI=1S/C10H9FN5O3.Y/c1-15-10(18)16-4-12-7(8(16)13-14-15)9(17)19-6-3-2-5(6)11;/h4,6H,2-3H2,1H3;/q-1;. The first-order chi connectivity index (χ1) is 9.08. The Bertz CT molecular complexity index is 714. The van der Waals surface area contributed by atoms with Crippen molar-refractivity contribution < 1.29 is 46.6 Å². The van der Waals surface area contributed by atoms with Crippen LogP contribution < -0.4 is 5.69 Å². The van der Waals surface area contributed by atoms with Crippen LogP contribution in [0.2, 0.25) is 0 Å². The van der Waals surface area contributed by atoms with E-state index in [0.717, 1.165) is 15.4 Å². The van der Waals surface area contributed by atoms with Crippen LogP contribution in [0, 0.1) is 6.17 Å². The summed E-state index contributed by atoms with van der Waals surface area (Å²) >= 11 is 0. The molecule has 0 spiro atoms. The fourth-order valence-corrected chi connectivity index (χ4v) is 1.70. The number of hydrogen-bond acceptors (Lipinski definition) is 6. The molecule has 1 atom stereocenters. The predicted molar refractivity (Wildman–Crippen MR) is 58.8 cm³/mol. The number of aromatic nitrogens is 5. The molecule has 1 radical (unpaired) electrons. The van der Waals surface area contributed by atoms with Gasteiger partial charge in [0.25, 0.3) is 0 Å². The summed E-state index contributed by atoms with van der Waals surface area (Å²) in [6, 6.07) is 0. The van der Waals surface area contributed by atoms with Crippen LogP contribution in [0.25, 0.3) is 5.65 Å². The molecule has 1 unspecified atom stereocenters. The Morgan fingerprint density at radius 3 is 2.95 bits per heavy atom. The van der Waals surface area contributed by atoms with E-state index in [1.54, 1.807) is 0 Å². The third-order valence-corrected chi connectivity index (χ3v) is 2.94. The zero-order valence-electron chi connectivity index (χ0n) is 10.5. The molecule has 8 nitrogen and oxygen atoms in total. The Morgan fingerprint density at radius 1 is 1.60 bits per heavy atom. The van der Waals surface area contributed by atoms with Crippen molar-refractivity contribution in [2.24, 2.45) is 7.05 Å². The number of hydrogen-bond donors (Lipinski definition) is 0. The molecular weight excluding hydrogens is 346 g/mol. The fourth-order valence-electron chi connectivity index (χ4n) is 1.70. The minimum atomic E-state index is -0.816. The summed E-state index contributed by atoms with van der Waals surface area (Å²) in [6.45, 7) is 0. The fraction of sp³-hybridized carbons (Fsp3) is 0.400. The number of imidazole rings is 1. The van der Waals surface area contributed by atoms with Crippen molar-refractivity contribution in [3.8, 4) is 0 Å². The molecule has 2 aromatic heterocycles. The van der Waals surface area contributed by atoms with Gasteiger partial charge < -0.3 is 9.13 Å². The van der Waals surface area contributed by atoms with Crippen molar-refractivity contribution in [3.05, 3.63) is 28.7 Å². The van der Waals surface area contributed by atoms with Gasteiger partial charge in [0.15, 0.2) is 11.3 Å². The largest absolute Gasteiger partial charge is 0.488 e. The molecule has 20 heavy (non-hydrogen) atoms. The first kappa shape index (κ1) is 15.2. The monoisotopic (exact) mass is 355 g/mol. The van der Waals surface area contributed by atoms with E-state index in [1.807, 2.05) is 0 Å². The van der Waals surface area contributed by atoms with E-state index < -0.39 is 17.8 Å². The van der Waals surface area contributed by atoms with Crippen molar-refractivity contribution in [1.82, 2.24) is 24.4 Å². The average Bonchev–Trinajstić information content (AvgIpc) is 2.83. The molecule has 1 saturated carbocycles. The van der Waals surface area contributed by atoms with Crippen molar-refractivity contribution in [1.29, 1.82) is 0 Å². The first-order valence-electron chi connectivity index (χ1n) is 5.57. The summed E-state index contributed by atoms with van der Waals surface area (Å²) in [4.78, 5) is 27.3. The van der Waals surface area contributed by atoms with Crippen LogP contribution in [0.15, 0.2) is 11.1 Å². The van der Waals surface area contributed by atoms with Gasteiger partial charge in [0.05, 0.1) is 0 Å². The third kappa shape index (κ3) is 2.39. The minimum Gasteiger partial charge on any atom is -0.488 e. The molecule has 0 amide bonds. The van der Waals surface area contributed by atoms with E-state index in [2.05, 4.69) is 15.3 Å². The predicted octanol–water partition coefficient (Wildman–Crippen LogP) is -0.359. The van der Waals surface area contributed by atoms with Crippen LogP contribution in [0.1, 0.15) is 23.3 Å². The molecule has 0 saturated heterocycles. The van der Waals surface area contributed by atoms with Gasteiger partial charge in [-0.05, 0) is 0 Å². The van der Waals surface area contributed by atoms with Crippen LogP contribution in [-0.4, -0.2) is 36.5 Å². The Morgan fingerprint density at radius 2 is 2.35 bits per heavy atom. The van der Waals surface area contributed by atoms with E-state index in [9.17, 15) is 14.0 Å². The van der Waals surface area contributed by atoms with Crippen molar-refractivity contribution in [2.75, 3.05) is 0 Å². The van der Waals surface area contributed by atoms with Gasteiger partial charge in [0.1, 0.15) is 6.33 Å². The smallest absolute Gasteiger partial charge is 0.358 e. The maximum absolute atomic E-state index is 12.9. The van der Waals surface area contributed by atoms with Crippen LogP contribution in [0.5, 0.6) is 0 Å². The Balaban J connectivity index is 0.00000147. The Kier molecular flexibility index (Phi) is 4.29. The van der Waals surface area contributed by atoms with Gasteiger partial charge in [-0.1, -0.05) is 11.6 Å². The number of esters is 1. The first-order valence-corrected chi connectivity index (χ1v) is 5.57. The van der Waals surface area contributed by atoms with E-state index in [4.69, 9.17) is 4.74 Å². The number of carbonyl (C=O) groups is 1. The molecule has 2 heterocycles. The molecule has 2 aromatic rings. The van der Waals surface area contributed by atoms with E-state index in [1.165, 1.54) is 7.05 Å². The Hall–Kier alpha value is -1.22. The van der Waals surface area contributed by atoms with Crippen LogP contribution in [-0.2, 0) is 44.5 Å². The van der Waals surface area contributed by atoms with Gasteiger partial charge in [-0.3, -0.25) is 0 Å². The summed E-state index contributed by atoms with van der Waals surface area (Å²) in [5.41, 5.74) is -0.643. The quantitative estimate of drug-likeness (QED) is 0.540. The molecule has 103 valence electrons. The minimum absolute atomic E-state index is 0. The van der Waals surface area contributed by atoms with Gasteiger partial charge in [-0.2, -0.15) is 4.68 Å². The van der Waals surface area contributed by atoms with Crippen molar-refractivity contribution in [2.45, 2.75) is 18.9 Å². The summed E-state index contributed by atoms with van der Waals surface area (Å²) in [7, 11) is 1.42. The van der Waals surface area contributed by atoms with E-state index in [-0.39, 0.29) is 50.2 Å². The van der Waals surface area contributed by atoms with Gasteiger partial charge >= 0.3 is 11.7 Å². The second kappa shape index (κ2) is 5.65. The van der Waals surface area contributed by atoms with Gasteiger partial charge in [-0.15, -0.1) is 17.7 Å². The molecular formula is C10H9FN5O3Y-. The van der Waals surface area contributed by atoms with Crippen LogP contribution in [0.4, 0.5) is 4.39 Å². The number of fused-ring (bicyclic) bond motifs is 1. The normalized spacial score (nSPS) is 18.4. The number of rotatable bonds is 2. The molecule has 0 aliphatic heterocycles. The van der Waals surface area contributed by atoms with Crippen LogP contribution >= 0.6 is 0 Å². The molecule has 0 bridgehead atoms. The molecule has 1 aliphatic carbocycles. The van der Waals surface area contributed by atoms with Crippen LogP contribution in [0.3, 0.4) is 0 Å². The summed E-state index contributed by atoms with van der Waals surface area (Å²) in [5, 5.41) is 7.26. The van der Waals surface area contributed by atoms with E-state index >= 15 is 0 Å². The number of aryl methyl sites for hydroxylation is 1. The second-order valence-electron chi connectivity index (χ2n) is 4.16. The van der Waals surface area contributed by atoms with Gasteiger partial charge in [0, 0.05) is 45.9 Å². The number of nitrogens with zero attached hydrogens (tertiary/aromatic N) is 5. The van der Waals surface area contributed by atoms with E-state index in [0.29, 0.717) is 12.8 Å². The van der Waals surface area contributed by atoms with Gasteiger partial charge in [-0.25, -0.2) is 19.0 Å². The summed E-state index contributed by atoms with van der Waals surface area (Å²) in [6.07, 6.45) is 0.741. The number of carbonyl (C=O) groups excluding carboxylic acids is 1. The molecule has 1 fully saturated rings. The topological polar surface area (TPSA) is 91.4 Å². The molecule has 10 heteroatoms. The maximum Gasteiger partial charge on any atom is 0.358 e. The average molecular weight is 355 g/mol. The molecule has 3 rings (SSSR count). The van der Waals surface area contributed by atoms with Crippen molar-refractivity contribution >= 4 is 11.6 Å². The molecule has 1 aliphatic rings.